The molecule has 0 aromatic carbocycles. The first-order valence-electron chi connectivity index (χ1n) is 5.83. The minimum atomic E-state index is 0.109. The van der Waals surface area contributed by atoms with Gasteiger partial charge in [-0.1, -0.05) is 6.92 Å². The van der Waals surface area contributed by atoms with E-state index >= 15 is 0 Å². The Morgan fingerprint density at radius 1 is 1.38 bits per heavy atom. The number of nitrogens with zero attached hydrogens (tertiary/aromatic N) is 1. The summed E-state index contributed by atoms with van der Waals surface area (Å²) in [4.78, 5) is 4.13. The third kappa shape index (κ3) is 4.62. The second kappa shape index (κ2) is 5.85. The highest BCUT2D eigenvalue weighted by molar-refractivity contribution is 5.30. The van der Waals surface area contributed by atoms with E-state index in [0.29, 0.717) is 0 Å². The number of rotatable bonds is 5. The topological polar surface area (TPSA) is 34.1 Å². The number of hydrogen-bond acceptors (Lipinski definition) is 3. The SMILES string of the molecule is CCCOc1ccncc1CNC(C)(C)C. The Kier molecular flexibility index (Phi) is 4.74. The smallest absolute Gasteiger partial charge is 0.126 e. The van der Waals surface area contributed by atoms with Crippen LogP contribution in [0.1, 0.15) is 39.7 Å². The van der Waals surface area contributed by atoms with Gasteiger partial charge in [-0.25, -0.2) is 0 Å². The molecule has 16 heavy (non-hydrogen) atoms. The van der Waals surface area contributed by atoms with Crippen LogP contribution in [0.15, 0.2) is 18.5 Å². The molecule has 0 radical (unpaired) electrons. The van der Waals surface area contributed by atoms with Crippen LogP contribution in [0.5, 0.6) is 5.75 Å². The largest absolute Gasteiger partial charge is 0.493 e. The van der Waals surface area contributed by atoms with E-state index in [4.69, 9.17) is 4.74 Å². The molecule has 0 spiro atoms. The molecule has 90 valence electrons. The van der Waals surface area contributed by atoms with Gasteiger partial charge < -0.3 is 10.1 Å². The van der Waals surface area contributed by atoms with Crippen LogP contribution in [0.3, 0.4) is 0 Å². The Labute approximate surface area is 98.2 Å². The van der Waals surface area contributed by atoms with Gasteiger partial charge in [0.2, 0.25) is 0 Å². The van der Waals surface area contributed by atoms with Gasteiger partial charge in [0.15, 0.2) is 0 Å². The molecule has 1 rings (SSSR count). The summed E-state index contributed by atoms with van der Waals surface area (Å²) in [5.74, 6) is 0.939. The number of nitrogens with one attached hydrogen (secondary N) is 1. The van der Waals surface area contributed by atoms with Crippen molar-refractivity contribution in [1.82, 2.24) is 10.3 Å². The molecule has 0 aliphatic rings. The van der Waals surface area contributed by atoms with Crippen LogP contribution in [-0.2, 0) is 6.54 Å². The molecule has 0 fully saturated rings. The van der Waals surface area contributed by atoms with Crippen LogP contribution >= 0.6 is 0 Å². The molecule has 0 saturated carbocycles. The van der Waals surface area contributed by atoms with E-state index in [1.54, 1.807) is 6.20 Å². The van der Waals surface area contributed by atoms with Gasteiger partial charge in [-0.3, -0.25) is 4.98 Å². The van der Waals surface area contributed by atoms with Crippen molar-refractivity contribution in [2.24, 2.45) is 0 Å². The van der Waals surface area contributed by atoms with Crippen molar-refractivity contribution in [3.05, 3.63) is 24.0 Å². The fourth-order valence-corrected chi connectivity index (χ4v) is 1.26. The molecule has 1 aromatic heterocycles. The second-order valence-electron chi connectivity index (χ2n) is 4.94. The molecule has 0 aliphatic carbocycles. The van der Waals surface area contributed by atoms with Gasteiger partial charge in [-0.2, -0.15) is 0 Å². The van der Waals surface area contributed by atoms with Gasteiger partial charge in [-0.05, 0) is 33.3 Å². The van der Waals surface area contributed by atoms with Crippen molar-refractivity contribution in [2.75, 3.05) is 6.61 Å². The molecule has 0 bridgehead atoms. The second-order valence-corrected chi connectivity index (χ2v) is 4.94. The molecule has 3 nitrogen and oxygen atoms in total. The molecule has 1 N–H and O–H groups in total. The Morgan fingerprint density at radius 3 is 2.75 bits per heavy atom. The van der Waals surface area contributed by atoms with E-state index in [-0.39, 0.29) is 5.54 Å². The summed E-state index contributed by atoms with van der Waals surface area (Å²) in [5.41, 5.74) is 1.23. The predicted molar refractivity (Wildman–Crippen MR) is 66.6 cm³/mol. The van der Waals surface area contributed by atoms with Gasteiger partial charge >= 0.3 is 0 Å². The van der Waals surface area contributed by atoms with Crippen molar-refractivity contribution >= 4 is 0 Å². The monoisotopic (exact) mass is 222 g/mol. The van der Waals surface area contributed by atoms with E-state index in [1.165, 1.54) is 0 Å². The molecule has 1 aromatic rings. The lowest BCUT2D eigenvalue weighted by Crippen LogP contribution is -2.35. The molecule has 0 aliphatic heterocycles. The molecule has 0 saturated heterocycles. The van der Waals surface area contributed by atoms with Crippen molar-refractivity contribution in [3.8, 4) is 5.75 Å². The van der Waals surface area contributed by atoms with E-state index in [1.807, 2.05) is 12.3 Å². The van der Waals surface area contributed by atoms with E-state index < -0.39 is 0 Å². The van der Waals surface area contributed by atoms with Crippen molar-refractivity contribution < 1.29 is 4.74 Å². The lowest BCUT2D eigenvalue weighted by molar-refractivity contribution is 0.310. The predicted octanol–water partition coefficient (Wildman–Crippen LogP) is 2.76. The third-order valence-electron chi connectivity index (χ3n) is 2.13. The normalized spacial score (nSPS) is 11.5. The standard InChI is InChI=1S/C13H22N2O/c1-5-8-16-12-6-7-14-9-11(12)10-15-13(2,3)4/h6-7,9,15H,5,8,10H2,1-4H3. The Balaban J connectivity index is 2.63. The number of aromatic nitrogens is 1. The molecule has 0 atom stereocenters. The first kappa shape index (κ1) is 13.0. The number of ether oxygens (including phenoxy) is 1. The zero-order valence-corrected chi connectivity index (χ0v) is 10.7. The Morgan fingerprint density at radius 2 is 2.12 bits per heavy atom. The highest BCUT2D eigenvalue weighted by atomic mass is 16.5. The molecule has 1 heterocycles. The van der Waals surface area contributed by atoms with Crippen LogP contribution < -0.4 is 10.1 Å². The summed E-state index contributed by atoms with van der Waals surface area (Å²) in [6.45, 7) is 10.1. The van der Waals surface area contributed by atoms with Gasteiger partial charge in [0.25, 0.3) is 0 Å². The van der Waals surface area contributed by atoms with Crippen LogP contribution in [0, 0.1) is 0 Å². The minimum Gasteiger partial charge on any atom is -0.493 e. The van der Waals surface area contributed by atoms with Gasteiger partial charge in [0, 0.05) is 30.0 Å². The van der Waals surface area contributed by atoms with Gasteiger partial charge in [0.1, 0.15) is 5.75 Å². The molecular weight excluding hydrogens is 200 g/mol. The number of pyridine rings is 1. The quantitative estimate of drug-likeness (QED) is 0.831. The number of hydrogen-bond donors (Lipinski definition) is 1. The van der Waals surface area contributed by atoms with Crippen LogP contribution in [0.4, 0.5) is 0 Å². The highest BCUT2D eigenvalue weighted by Crippen LogP contribution is 2.17. The van der Waals surface area contributed by atoms with Gasteiger partial charge in [-0.15, -0.1) is 0 Å². The molecule has 0 amide bonds. The maximum absolute atomic E-state index is 5.67. The molecular formula is C13H22N2O. The van der Waals surface area contributed by atoms with Crippen LogP contribution in [0.2, 0.25) is 0 Å². The van der Waals surface area contributed by atoms with Crippen molar-refractivity contribution in [3.63, 3.8) is 0 Å². The first-order valence-corrected chi connectivity index (χ1v) is 5.83. The average Bonchev–Trinajstić information content (AvgIpc) is 2.23. The molecule has 3 heteroatoms. The minimum absolute atomic E-state index is 0.109. The summed E-state index contributed by atoms with van der Waals surface area (Å²) < 4.78 is 5.67. The lowest BCUT2D eigenvalue weighted by Gasteiger charge is -2.21. The molecule has 0 unspecified atom stereocenters. The van der Waals surface area contributed by atoms with Crippen LogP contribution in [0.25, 0.3) is 0 Å². The van der Waals surface area contributed by atoms with Gasteiger partial charge in [0.05, 0.1) is 6.61 Å². The van der Waals surface area contributed by atoms with Crippen molar-refractivity contribution in [1.29, 1.82) is 0 Å². The third-order valence-corrected chi connectivity index (χ3v) is 2.13. The zero-order chi connectivity index (χ0) is 12.0. The maximum Gasteiger partial charge on any atom is 0.126 e. The summed E-state index contributed by atoms with van der Waals surface area (Å²) in [5, 5.41) is 3.43. The Bertz CT molecular complexity index is 318. The lowest BCUT2D eigenvalue weighted by atomic mass is 10.1. The fraction of sp³-hybridized carbons (Fsp3) is 0.615. The van der Waals surface area contributed by atoms with E-state index in [9.17, 15) is 0 Å². The van der Waals surface area contributed by atoms with E-state index in [2.05, 4.69) is 38.0 Å². The summed E-state index contributed by atoms with van der Waals surface area (Å²) >= 11 is 0. The first-order chi connectivity index (χ1) is 7.53. The summed E-state index contributed by atoms with van der Waals surface area (Å²) in [6.07, 6.45) is 4.66. The summed E-state index contributed by atoms with van der Waals surface area (Å²) in [6, 6.07) is 1.93. The Hall–Kier alpha value is -1.09. The van der Waals surface area contributed by atoms with Crippen molar-refractivity contribution in [2.45, 2.75) is 46.2 Å². The highest BCUT2D eigenvalue weighted by Gasteiger charge is 2.10. The zero-order valence-electron chi connectivity index (χ0n) is 10.7. The average molecular weight is 222 g/mol. The fourth-order valence-electron chi connectivity index (χ4n) is 1.26. The van der Waals surface area contributed by atoms with E-state index in [0.717, 1.165) is 30.9 Å². The maximum atomic E-state index is 5.67. The summed E-state index contributed by atoms with van der Waals surface area (Å²) in [7, 11) is 0. The van der Waals surface area contributed by atoms with Crippen LogP contribution in [-0.4, -0.2) is 17.1 Å².